The molecule has 1 unspecified atom stereocenters. The predicted molar refractivity (Wildman–Crippen MR) is 80.2 cm³/mol. The van der Waals surface area contributed by atoms with E-state index in [4.69, 9.17) is 9.57 Å². The molecule has 4 heteroatoms. The van der Waals surface area contributed by atoms with Crippen LogP contribution in [-0.4, -0.2) is 12.5 Å². The van der Waals surface area contributed by atoms with E-state index in [1.807, 2.05) is 67.6 Å². The van der Waals surface area contributed by atoms with Crippen molar-refractivity contribution < 1.29 is 14.4 Å². The standard InChI is InChI=1S/C17H19NO3/c1-2-20-16(15-11-7-4-8-12-15)17(19)18-21-13-14-9-5-3-6-10-14/h3-12,16H,2,13H2,1H3,(H,18,19). The molecule has 2 rings (SSSR count). The van der Waals surface area contributed by atoms with Crippen LogP contribution in [0.5, 0.6) is 0 Å². The molecule has 110 valence electrons. The fourth-order valence-electron chi connectivity index (χ4n) is 1.94. The summed E-state index contributed by atoms with van der Waals surface area (Å²) >= 11 is 0. The Morgan fingerprint density at radius 1 is 1.05 bits per heavy atom. The van der Waals surface area contributed by atoms with Crippen molar-refractivity contribution in [1.29, 1.82) is 0 Å². The highest BCUT2D eigenvalue weighted by Gasteiger charge is 2.20. The summed E-state index contributed by atoms with van der Waals surface area (Å²) in [7, 11) is 0. The molecule has 2 aromatic carbocycles. The third-order valence-electron chi connectivity index (χ3n) is 2.93. The van der Waals surface area contributed by atoms with Crippen LogP contribution in [0.3, 0.4) is 0 Å². The first-order valence-corrected chi connectivity index (χ1v) is 6.93. The maximum absolute atomic E-state index is 12.2. The summed E-state index contributed by atoms with van der Waals surface area (Å²) in [6.45, 7) is 2.62. The van der Waals surface area contributed by atoms with Crippen molar-refractivity contribution in [2.24, 2.45) is 0 Å². The average Bonchev–Trinajstić information content (AvgIpc) is 2.54. The maximum Gasteiger partial charge on any atom is 0.277 e. The molecular weight excluding hydrogens is 266 g/mol. The first-order valence-electron chi connectivity index (χ1n) is 6.93. The largest absolute Gasteiger partial charge is 0.364 e. The van der Waals surface area contributed by atoms with Crippen molar-refractivity contribution in [3.63, 3.8) is 0 Å². The van der Waals surface area contributed by atoms with E-state index in [1.165, 1.54) is 0 Å². The van der Waals surface area contributed by atoms with Crippen LogP contribution in [-0.2, 0) is 21.0 Å². The topological polar surface area (TPSA) is 47.6 Å². The minimum atomic E-state index is -0.660. The van der Waals surface area contributed by atoms with Gasteiger partial charge in [-0.05, 0) is 18.1 Å². The van der Waals surface area contributed by atoms with Gasteiger partial charge in [-0.15, -0.1) is 0 Å². The molecule has 0 spiro atoms. The van der Waals surface area contributed by atoms with Gasteiger partial charge in [0.15, 0.2) is 6.10 Å². The summed E-state index contributed by atoms with van der Waals surface area (Å²) in [5.74, 6) is -0.306. The van der Waals surface area contributed by atoms with E-state index in [9.17, 15) is 4.79 Å². The van der Waals surface area contributed by atoms with Crippen LogP contribution in [0.2, 0.25) is 0 Å². The highest BCUT2D eigenvalue weighted by Crippen LogP contribution is 2.17. The van der Waals surface area contributed by atoms with Crippen molar-refractivity contribution >= 4 is 5.91 Å². The number of ether oxygens (including phenoxy) is 1. The lowest BCUT2D eigenvalue weighted by molar-refractivity contribution is -0.147. The molecule has 1 atom stereocenters. The molecule has 4 nitrogen and oxygen atoms in total. The molecule has 0 heterocycles. The van der Waals surface area contributed by atoms with Crippen molar-refractivity contribution in [2.45, 2.75) is 19.6 Å². The number of hydrogen-bond acceptors (Lipinski definition) is 3. The lowest BCUT2D eigenvalue weighted by Gasteiger charge is -2.16. The third-order valence-corrected chi connectivity index (χ3v) is 2.93. The molecule has 0 aliphatic heterocycles. The summed E-state index contributed by atoms with van der Waals surface area (Å²) < 4.78 is 5.50. The molecule has 0 aliphatic rings. The van der Waals surface area contributed by atoms with Crippen molar-refractivity contribution in [3.05, 3.63) is 71.8 Å². The van der Waals surface area contributed by atoms with Crippen LogP contribution in [0.4, 0.5) is 0 Å². The molecule has 0 saturated carbocycles. The van der Waals surface area contributed by atoms with Crippen LogP contribution < -0.4 is 5.48 Å². The van der Waals surface area contributed by atoms with E-state index in [-0.39, 0.29) is 5.91 Å². The predicted octanol–water partition coefficient (Wildman–Crippen LogP) is 3.01. The van der Waals surface area contributed by atoms with Gasteiger partial charge in [0.25, 0.3) is 5.91 Å². The van der Waals surface area contributed by atoms with Crippen molar-refractivity contribution in [1.82, 2.24) is 5.48 Å². The van der Waals surface area contributed by atoms with Gasteiger partial charge >= 0.3 is 0 Å². The zero-order chi connectivity index (χ0) is 14.9. The summed E-state index contributed by atoms with van der Waals surface area (Å²) in [6.07, 6.45) is -0.660. The number of benzene rings is 2. The summed E-state index contributed by atoms with van der Waals surface area (Å²) in [5.41, 5.74) is 4.25. The second-order valence-electron chi connectivity index (χ2n) is 4.49. The molecule has 2 aromatic rings. The smallest absolute Gasteiger partial charge is 0.277 e. The van der Waals surface area contributed by atoms with Gasteiger partial charge in [0.05, 0.1) is 6.61 Å². The van der Waals surface area contributed by atoms with E-state index in [1.54, 1.807) is 0 Å². The van der Waals surface area contributed by atoms with E-state index >= 15 is 0 Å². The zero-order valence-corrected chi connectivity index (χ0v) is 12.0. The first-order chi connectivity index (χ1) is 10.3. The minimum absolute atomic E-state index is 0.306. The Hall–Kier alpha value is -2.17. The molecular formula is C17H19NO3. The molecule has 1 N–H and O–H groups in total. The molecule has 0 saturated heterocycles. The third kappa shape index (κ3) is 4.70. The van der Waals surface area contributed by atoms with Crippen LogP contribution >= 0.6 is 0 Å². The number of amides is 1. The number of nitrogens with one attached hydrogen (secondary N) is 1. The van der Waals surface area contributed by atoms with Gasteiger partial charge in [-0.3, -0.25) is 9.63 Å². The van der Waals surface area contributed by atoms with E-state index in [0.717, 1.165) is 11.1 Å². The van der Waals surface area contributed by atoms with Gasteiger partial charge < -0.3 is 4.74 Å². The minimum Gasteiger partial charge on any atom is -0.364 e. The lowest BCUT2D eigenvalue weighted by atomic mass is 10.1. The van der Waals surface area contributed by atoms with Crippen LogP contribution in [0, 0.1) is 0 Å². The number of rotatable bonds is 7. The number of hydroxylamine groups is 1. The Morgan fingerprint density at radius 2 is 1.67 bits per heavy atom. The molecule has 1 amide bonds. The first kappa shape index (κ1) is 15.2. The van der Waals surface area contributed by atoms with Crippen LogP contribution in [0.25, 0.3) is 0 Å². The maximum atomic E-state index is 12.2. The molecule has 21 heavy (non-hydrogen) atoms. The average molecular weight is 285 g/mol. The highest BCUT2D eigenvalue weighted by molar-refractivity contribution is 5.81. The molecule has 0 aromatic heterocycles. The second kappa shape index (κ2) is 8.19. The Bertz CT molecular complexity index is 542. The van der Waals surface area contributed by atoms with Crippen LogP contribution in [0.1, 0.15) is 24.2 Å². The van der Waals surface area contributed by atoms with Gasteiger partial charge in [0, 0.05) is 6.61 Å². The Labute approximate surface area is 124 Å². The van der Waals surface area contributed by atoms with Gasteiger partial charge in [-0.25, -0.2) is 5.48 Å². The van der Waals surface area contributed by atoms with E-state index < -0.39 is 6.10 Å². The van der Waals surface area contributed by atoms with Gasteiger partial charge in [0.2, 0.25) is 0 Å². The van der Waals surface area contributed by atoms with Crippen LogP contribution in [0.15, 0.2) is 60.7 Å². The van der Waals surface area contributed by atoms with Crippen molar-refractivity contribution in [2.75, 3.05) is 6.61 Å². The molecule has 0 bridgehead atoms. The summed E-state index contributed by atoms with van der Waals surface area (Å²) in [5, 5.41) is 0. The Morgan fingerprint density at radius 3 is 2.29 bits per heavy atom. The molecule has 0 fully saturated rings. The Kier molecular flexibility index (Phi) is 5.94. The second-order valence-corrected chi connectivity index (χ2v) is 4.49. The summed E-state index contributed by atoms with van der Waals surface area (Å²) in [4.78, 5) is 17.4. The zero-order valence-electron chi connectivity index (χ0n) is 12.0. The number of hydrogen-bond donors (Lipinski definition) is 1. The fraction of sp³-hybridized carbons (Fsp3) is 0.235. The lowest BCUT2D eigenvalue weighted by Crippen LogP contribution is -2.31. The Balaban J connectivity index is 1.90. The summed E-state index contributed by atoms with van der Waals surface area (Å²) in [6, 6.07) is 19.0. The quantitative estimate of drug-likeness (QED) is 0.795. The number of carbonyl (C=O) groups is 1. The molecule has 0 radical (unpaired) electrons. The van der Waals surface area contributed by atoms with E-state index in [0.29, 0.717) is 13.2 Å². The number of carbonyl (C=O) groups excluding carboxylic acids is 1. The normalized spacial score (nSPS) is 11.9. The van der Waals surface area contributed by atoms with Gasteiger partial charge in [-0.1, -0.05) is 60.7 Å². The van der Waals surface area contributed by atoms with Crippen molar-refractivity contribution in [3.8, 4) is 0 Å². The SMILES string of the molecule is CCOC(C(=O)NOCc1ccccc1)c1ccccc1. The van der Waals surface area contributed by atoms with E-state index in [2.05, 4.69) is 5.48 Å². The van der Waals surface area contributed by atoms with Gasteiger partial charge in [-0.2, -0.15) is 0 Å². The van der Waals surface area contributed by atoms with Gasteiger partial charge in [0.1, 0.15) is 0 Å². The fourth-order valence-corrected chi connectivity index (χ4v) is 1.94. The highest BCUT2D eigenvalue weighted by atomic mass is 16.7. The monoisotopic (exact) mass is 285 g/mol. The molecule has 0 aliphatic carbocycles.